The minimum atomic E-state index is -0.958. The molecule has 6 nitrogen and oxygen atoms in total. The van der Waals surface area contributed by atoms with Gasteiger partial charge in [0, 0.05) is 16.9 Å². The van der Waals surface area contributed by atoms with E-state index in [2.05, 4.69) is 52.5 Å². The van der Waals surface area contributed by atoms with E-state index in [1.165, 1.54) is 11.2 Å². The Balaban J connectivity index is 1.65. The quantitative estimate of drug-likeness (QED) is 0.274. The summed E-state index contributed by atoms with van der Waals surface area (Å²) in [5.74, 6) is 0.227. The fraction of sp³-hybridized carbons (Fsp3) is 0.179. The lowest BCUT2D eigenvalue weighted by Crippen LogP contribution is -2.32. The highest BCUT2D eigenvalue weighted by molar-refractivity contribution is 7.19. The van der Waals surface area contributed by atoms with Gasteiger partial charge in [-0.25, -0.2) is 14.8 Å². The first-order valence-electron chi connectivity index (χ1n) is 11.5. The van der Waals surface area contributed by atoms with Gasteiger partial charge in [-0.2, -0.15) is 0 Å². The standard InChI is InChI=1S/C28H25N3O3S/c1-3-23-24(20-13-8-11-17-9-4-6-12-19(17)20)25-26(29-16-30-27(25)35-23)31-21(28(32)33)15-18-10-5-7-14-22(18)34-2/h4-14,16,21H,3,15H2,1-2H3,(H,32,33)(H,29,30,31)/t21-/m1/s1. The summed E-state index contributed by atoms with van der Waals surface area (Å²) in [6.45, 7) is 2.13. The number of anilines is 1. The largest absolute Gasteiger partial charge is 0.496 e. The summed E-state index contributed by atoms with van der Waals surface area (Å²) in [7, 11) is 1.59. The van der Waals surface area contributed by atoms with Crippen LogP contribution in [0.2, 0.25) is 0 Å². The maximum absolute atomic E-state index is 12.3. The van der Waals surface area contributed by atoms with Crippen LogP contribution >= 0.6 is 11.3 Å². The smallest absolute Gasteiger partial charge is 0.326 e. The molecule has 0 saturated heterocycles. The summed E-state index contributed by atoms with van der Waals surface area (Å²) in [5, 5.41) is 16.4. The molecule has 2 aromatic heterocycles. The molecule has 0 saturated carbocycles. The molecule has 0 aliphatic carbocycles. The molecule has 2 heterocycles. The van der Waals surface area contributed by atoms with Crippen LogP contribution < -0.4 is 10.1 Å². The van der Waals surface area contributed by atoms with Gasteiger partial charge >= 0.3 is 5.97 Å². The van der Waals surface area contributed by atoms with Crippen LogP contribution in [0.1, 0.15) is 17.4 Å². The summed E-state index contributed by atoms with van der Waals surface area (Å²) in [6.07, 6.45) is 2.58. The molecular weight excluding hydrogens is 458 g/mol. The van der Waals surface area contributed by atoms with Crippen LogP contribution in [0, 0.1) is 0 Å². The third-order valence-electron chi connectivity index (χ3n) is 6.17. The van der Waals surface area contributed by atoms with Crippen LogP contribution in [0.5, 0.6) is 5.75 Å². The average molecular weight is 484 g/mol. The third-order valence-corrected chi connectivity index (χ3v) is 7.41. The Labute approximate surface area is 207 Å². The van der Waals surface area contributed by atoms with E-state index in [0.717, 1.165) is 44.1 Å². The molecule has 1 atom stereocenters. The van der Waals surface area contributed by atoms with Crippen LogP contribution in [-0.4, -0.2) is 34.2 Å². The molecule has 2 N–H and O–H groups in total. The number of aliphatic carboxylic acids is 1. The number of benzene rings is 3. The van der Waals surface area contributed by atoms with Crippen molar-refractivity contribution in [2.75, 3.05) is 12.4 Å². The first kappa shape index (κ1) is 22.8. The zero-order valence-corrected chi connectivity index (χ0v) is 20.3. The molecule has 0 unspecified atom stereocenters. The van der Waals surface area contributed by atoms with Crippen molar-refractivity contribution >= 4 is 44.1 Å². The number of nitrogens with zero attached hydrogens (tertiary/aromatic N) is 2. The summed E-state index contributed by atoms with van der Waals surface area (Å²) in [4.78, 5) is 23.4. The highest BCUT2D eigenvalue weighted by Gasteiger charge is 2.24. The van der Waals surface area contributed by atoms with Gasteiger partial charge in [-0.1, -0.05) is 67.6 Å². The van der Waals surface area contributed by atoms with Gasteiger partial charge in [-0.05, 0) is 34.4 Å². The molecule has 0 aliphatic rings. The van der Waals surface area contributed by atoms with Crippen molar-refractivity contribution < 1.29 is 14.6 Å². The van der Waals surface area contributed by atoms with E-state index in [9.17, 15) is 9.90 Å². The lowest BCUT2D eigenvalue weighted by molar-refractivity contribution is -0.137. The molecule has 5 aromatic rings. The van der Waals surface area contributed by atoms with Crippen molar-refractivity contribution in [1.29, 1.82) is 0 Å². The Hall–Kier alpha value is -3.97. The molecule has 0 amide bonds. The van der Waals surface area contributed by atoms with Gasteiger partial charge < -0.3 is 15.2 Å². The number of thiophene rings is 1. The second-order valence-corrected chi connectivity index (χ2v) is 9.32. The third kappa shape index (κ3) is 4.31. The zero-order chi connectivity index (χ0) is 24.4. The highest BCUT2D eigenvalue weighted by Crippen LogP contribution is 2.43. The number of para-hydroxylation sites is 1. The number of nitrogens with one attached hydrogen (secondary N) is 1. The number of ether oxygens (including phenoxy) is 1. The van der Waals surface area contributed by atoms with Crippen molar-refractivity contribution in [3.8, 4) is 16.9 Å². The predicted octanol–water partition coefficient (Wildman–Crippen LogP) is 6.19. The molecule has 0 bridgehead atoms. The minimum Gasteiger partial charge on any atom is -0.496 e. The molecule has 176 valence electrons. The number of aryl methyl sites for hydroxylation is 1. The van der Waals surface area contributed by atoms with E-state index in [1.54, 1.807) is 18.4 Å². The molecular formula is C28H25N3O3S. The molecule has 3 aromatic carbocycles. The first-order chi connectivity index (χ1) is 17.1. The van der Waals surface area contributed by atoms with Gasteiger partial charge in [0.1, 0.15) is 28.8 Å². The topological polar surface area (TPSA) is 84.3 Å². The second kappa shape index (κ2) is 9.72. The number of methoxy groups -OCH3 is 1. The minimum absolute atomic E-state index is 0.249. The van der Waals surface area contributed by atoms with Crippen LogP contribution in [0.25, 0.3) is 32.1 Å². The Morgan fingerprint density at radius 3 is 2.63 bits per heavy atom. The van der Waals surface area contributed by atoms with E-state index in [4.69, 9.17) is 4.74 Å². The van der Waals surface area contributed by atoms with E-state index in [-0.39, 0.29) is 6.42 Å². The Bertz CT molecular complexity index is 1520. The zero-order valence-electron chi connectivity index (χ0n) is 19.5. The van der Waals surface area contributed by atoms with Gasteiger partial charge in [0.2, 0.25) is 0 Å². The molecule has 0 fully saturated rings. The molecule has 0 aliphatic heterocycles. The van der Waals surface area contributed by atoms with Gasteiger partial charge in [0.15, 0.2) is 0 Å². The average Bonchev–Trinajstić information content (AvgIpc) is 3.27. The number of fused-ring (bicyclic) bond motifs is 2. The maximum atomic E-state index is 12.3. The van der Waals surface area contributed by atoms with E-state index in [0.29, 0.717) is 11.6 Å². The predicted molar refractivity (Wildman–Crippen MR) is 141 cm³/mol. The van der Waals surface area contributed by atoms with Crippen LogP contribution in [0.4, 0.5) is 5.82 Å². The summed E-state index contributed by atoms with van der Waals surface area (Å²) in [5.41, 5.74) is 2.98. The Kier molecular flexibility index (Phi) is 6.33. The molecule has 0 radical (unpaired) electrons. The Morgan fingerprint density at radius 1 is 1.06 bits per heavy atom. The van der Waals surface area contributed by atoms with Gasteiger partial charge in [-0.3, -0.25) is 0 Å². The number of carboxylic acids is 1. The number of hydrogen-bond donors (Lipinski definition) is 2. The van der Waals surface area contributed by atoms with Gasteiger partial charge in [0.25, 0.3) is 0 Å². The highest BCUT2D eigenvalue weighted by atomic mass is 32.1. The number of carbonyl (C=O) groups is 1. The summed E-state index contributed by atoms with van der Waals surface area (Å²) < 4.78 is 5.44. The normalized spacial score (nSPS) is 12.1. The van der Waals surface area contributed by atoms with E-state index < -0.39 is 12.0 Å². The van der Waals surface area contributed by atoms with Crippen LogP contribution in [-0.2, 0) is 17.6 Å². The number of aromatic nitrogens is 2. The maximum Gasteiger partial charge on any atom is 0.326 e. The fourth-order valence-electron chi connectivity index (χ4n) is 4.52. The lowest BCUT2D eigenvalue weighted by Gasteiger charge is -2.18. The van der Waals surface area contributed by atoms with Crippen molar-refractivity contribution in [3.63, 3.8) is 0 Å². The number of carboxylic acid groups (broad SMARTS) is 1. The molecule has 0 spiro atoms. The summed E-state index contributed by atoms with van der Waals surface area (Å²) >= 11 is 1.63. The SMILES string of the molecule is CCc1sc2ncnc(N[C@H](Cc3ccccc3OC)C(=O)O)c2c1-c1cccc2ccccc12. The summed E-state index contributed by atoms with van der Waals surface area (Å²) in [6, 6.07) is 21.1. The van der Waals surface area contributed by atoms with Gasteiger partial charge in [0.05, 0.1) is 12.5 Å². The van der Waals surface area contributed by atoms with E-state index >= 15 is 0 Å². The molecule has 5 rings (SSSR count). The first-order valence-corrected chi connectivity index (χ1v) is 12.3. The van der Waals surface area contributed by atoms with Gasteiger partial charge in [-0.15, -0.1) is 11.3 Å². The molecule has 35 heavy (non-hydrogen) atoms. The lowest BCUT2D eigenvalue weighted by atomic mass is 9.96. The monoisotopic (exact) mass is 483 g/mol. The van der Waals surface area contributed by atoms with Crippen LogP contribution in [0.15, 0.2) is 73.1 Å². The van der Waals surface area contributed by atoms with Crippen molar-refractivity contribution in [1.82, 2.24) is 9.97 Å². The van der Waals surface area contributed by atoms with E-state index in [1.807, 2.05) is 36.4 Å². The fourth-order valence-corrected chi connectivity index (χ4v) is 5.62. The molecule has 7 heteroatoms. The van der Waals surface area contributed by atoms with Crippen LogP contribution in [0.3, 0.4) is 0 Å². The van der Waals surface area contributed by atoms with Crippen molar-refractivity contribution in [2.45, 2.75) is 25.8 Å². The second-order valence-electron chi connectivity index (χ2n) is 8.23. The number of hydrogen-bond acceptors (Lipinski definition) is 6. The van der Waals surface area contributed by atoms with Crippen molar-refractivity contribution in [3.05, 3.63) is 83.5 Å². The van der Waals surface area contributed by atoms with Crippen molar-refractivity contribution in [2.24, 2.45) is 0 Å². The number of rotatable bonds is 8. The Morgan fingerprint density at radius 2 is 1.83 bits per heavy atom.